The van der Waals surface area contributed by atoms with Gasteiger partial charge in [0.2, 0.25) is 11.0 Å². The first-order valence-corrected chi connectivity index (χ1v) is 11.0. The van der Waals surface area contributed by atoms with Gasteiger partial charge in [-0.15, -0.1) is 10.2 Å². The van der Waals surface area contributed by atoms with Crippen LogP contribution in [0.4, 0.5) is 10.8 Å². The molecule has 2 aromatic carbocycles. The normalized spacial score (nSPS) is 13.4. The number of anilines is 2. The molecule has 0 bridgehead atoms. The molecular weight excluding hydrogens is 420 g/mol. The topological polar surface area (TPSA) is 92.3 Å². The van der Waals surface area contributed by atoms with Crippen molar-refractivity contribution in [2.75, 3.05) is 16.2 Å². The van der Waals surface area contributed by atoms with E-state index in [1.807, 2.05) is 0 Å². The fourth-order valence-corrected chi connectivity index (χ4v) is 5.18. The number of nitrogens with one attached hydrogen (secondary N) is 1. The Labute approximate surface area is 171 Å². The minimum atomic E-state index is -3.81. The Balaban J connectivity index is 1.57. The van der Waals surface area contributed by atoms with Gasteiger partial charge in [-0.3, -0.25) is 9.52 Å². The molecule has 0 spiro atoms. The number of aromatic nitrogens is 2. The number of fused-ring (bicyclic) bond motifs is 1. The number of nitrogens with zero attached hydrogens (tertiary/aromatic N) is 3. The zero-order valence-electron chi connectivity index (χ0n) is 14.7. The average molecular weight is 435 g/mol. The lowest BCUT2D eigenvalue weighted by atomic mass is 10.2. The second-order valence-electron chi connectivity index (χ2n) is 6.24. The van der Waals surface area contributed by atoms with Crippen LogP contribution in [0, 0.1) is 0 Å². The van der Waals surface area contributed by atoms with Gasteiger partial charge < -0.3 is 4.90 Å². The lowest BCUT2D eigenvalue weighted by molar-refractivity contribution is -0.116. The van der Waals surface area contributed by atoms with Crippen molar-refractivity contribution in [2.24, 2.45) is 0 Å². The third-order valence-electron chi connectivity index (χ3n) is 4.37. The fourth-order valence-electron chi connectivity index (χ4n) is 3.02. The number of hydrogen-bond acceptors (Lipinski definition) is 6. The summed E-state index contributed by atoms with van der Waals surface area (Å²) in [4.78, 5) is 13.4. The van der Waals surface area contributed by atoms with Gasteiger partial charge in [0, 0.05) is 29.7 Å². The molecule has 144 valence electrons. The number of benzene rings is 2. The summed E-state index contributed by atoms with van der Waals surface area (Å²) in [5.74, 6) is -0.0592. The standard InChI is InChI=1S/C18H15ClN4O3S2/c1-11(24)23-9-8-13-10-15(6-7-16(13)23)28(25,26)22-18-21-20-17(27-18)12-2-4-14(19)5-3-12/h2-7,10H,8-9H2,1H3,(H,21,22). The van der Waals surface area contributed by atoms with Crippen LogP contribution >= 0.6 is 22.9 Å². The first-order chi connectivity index (χ1) is 13.3. The zero-order valence-corrected chi connectivity index (χ0v) is 17.1. The third-order valence-corrected chi connectivity index (χ3v) is 6.98. The van der Waals surface area contributed by atoms with Crippen LogP contribution in [0.3, 0.4) is 0 Å². The molecule has 2 heterocycles. The summed E-state index contributed by atoms with van der Waals surface area (Å²) in [6, 6.07) is 11.8. The van der Waals surface area contributed by atoms with Crippen LogP contribution in [0.1, 0.15) is 12.5 Å². The van der Waals surface area contributed by atoms with Gasteiger partial charge in [-0.25, -0.2) is 8.42 Å². The largest absolute Gasteiger partial charge is 0.312 e. The third kappa shape index (κ3) is 3.60. The Hall–Kier alpha value is -2.49. The molecule has 28 heavy (non-hydrogen) atoms. The molecule has 1 N–H and O–H groups in total. The maximum absolute atomic E-state index is 12.7. The zero-order chi connectivity index (χ0) is 19.9. The predicted octanol–water partition coefficient (Wildman–Crippen LogP) is 3.57. The van der Waals surface area contributed by atoms with Crippen molar-refractivity contribution in [3.8, 4) is 10.6 Å². The number of sulfonamides is 1. The highest BCUT2D eigenvalue weighted by molar-refractivity contribution is 7.93. The minimum absolute atomic E-state index is 0.0592. The van der Waals surface area contributed by atoms with E-state index in [9.17, 15) is 13.2 Å². The number of halogens is 1. The van der Waals surface area contributed by atoms with Crippen LogP contribution in [-0.2, 0) is 21.2 Å². The summed E-state index contributed by atoms with van der Waals surface area (Å²) < 4.78 is 27.9. The molecule has 0 unspecified atom stereocenters. The van der Waals surface area contributed by atoms with Gasteiger partial charge in [0.15, 0.2) is 0 Å². The van der Waals surface area contributed by atoms with Crippen LogP contribution in [0.2, 0.25) is 5.02 Å². The Morgan fingerprint density at radius 1 is 1.18 bits per heavy atom. The quantitative estimate of drug-likeness (QED) is 0.677. The van der Waals surface area contributed by atoms with E-state index < -0.39 is 10.0 Å². The van der Waals surface area contributed by atoms with Crippen molar-refractivity contribution in [1.29, 1.82) is 0 Å². The van der Waals surface area contributed by atoms with Crippen molar-refractivity contribution in [2.45, 2.75) is 18.2 Å². The molecule has 0 atom stereocenters. The van der Waals surface area contributed by atoms with Crippen molar-refractivity contribution in [3.63, 3.8) is 0 Å². The highest BCUT2D eigenvalue weighted by Gasteiger charge is 2.25. The maximum Gasteiger partial charge on any atom is 0.263 e. The lowest BCUT2D eigenvalue weighted by Gasteiger charge is -2.14. The van der Waals surface area contributed by atoms with Crippen molar-refractivity contribution >= 4 is 49.7 Å². The van der Waals surface area contributed by atoms with E-state index in [0.717, 1.165) is 28.2 Å². The number of carbonyl (C=O) groups is 1. The van der Waals surface area contributed by atoms with Gasteiger partial charge in [0.1, 0.15) is 5.01 Å². The van der Waals surface area contributed by atoms with Gasteiger partial charge in [-0.1, -0.05) is 35.1 Å². The van der Waals surface area contributed by atoms with Crippen LogP contribution < -0.4 is 9.62 Å². The van der Waals surface area contributed by atoms with E-state index in [1.54, 1.807) is 41.3 Å². The van der Waals surface area contributed by atoms with E-state index in [2.05, 4.69) is 14.9 Å². The number of carbonyl (C=O) groups excluding carboxylic acids is 1. The number of amides is 1. The van der Waals surface area contributed by atoms with Gasteiger partial charge >= 0.3 is 0 Å². The molecule has 0 aliphatic carbocycles. The van der Waals surface area contributed by atoms with Crippen molar-refractivity contribution in [1.82, 2.24) is 10.2 Å². The second kappa shape index (κ2) is 7.16. The summed E-state index contributed by atoms with van der Waals surface area (Å²) in [6.07, 6.45) is 0.623. The van der Waals surface area contributed by atoms with E-state index in [0.29, 0.717) is 23.0 Å². The summed E-state index contributed by atoms with van der Waals surface area (Å²) >= 11 is 7.01. The SMILES string of the molecule is CC(=O)N1CCc2cc(S(=O)(=O)Nc3nnc(-c4ccc(Cl)cc4)s3)ccc21. The molecule has 0 saturated carbocycles. The van der Waals surface area contributed by atoms with Crippen LogP contribution in [-0.4, -0.2) is 31.1 Å². The van der Waals surface area contributed by atoms with Gasteiger partial charge in [0.05, 0.1) is 4.90 Å². The van der Waals surface area contributed by atoms with E-state index in [-0.39, 0.29) is 15.9 Å². The number of rotatable bonds is 4. The molecule has 0 fully saturated rings. The molecule has 1 aliphatic heterocycles. The molecule has 4 rings (SSSR count). The number of hydrogen-bond donors (Lipinski definition) is 1. The molecule has 1 aromatic heterocycles. The average Bonchev–Trinajstić information content (AvgIpc) is 3.28. The van der Waals surface area contributed by atoms with E-state index in [4.69, 9.17) is 11.6 Å². The first kappa shape index (κ1) is 18.9. The Morgan fingerprint density at radius 2 is 1.93 bits per heavy atom. The van der Waals surface area contributed by atoms with Gasteiger partial charge in [0.25, 0.3) is 10.0 Å². The Morgan fingerprint density at radius 3 is 2.64 bits per heavy atom. The highest BCUT2D eigenvalue weighted by Crippen LogP contribution is 2.32. The predicted molar refractivity (Wildman–Crippen MR) is 109 cm³/mol. The summed E-state index contributed by atoms with van der Waals surface area (Å²) in [7, 11) is -3.81. The molecular formula is C18H15ClN4O3S2. The van der Waals surface area contributed by atoms with Crippen LogP contribution in [0.15, 0.2) is 47.4 Å². The fraction of sp³-hybridized carbons (Fsp3) is 0.167. The van der Waals surface area contributed by atoms with Crippen LogP contribution in [0.5, 0.6) is 0 Å². The van der Waals surface area contributed by atoms with Gasteiger partial charge in [-0.05, 0) is 42.3 Å². The molecule has 0 saturated heterocycles. The lowest BCUT2D eigenvalue weighted by Crippen LogP contribution is -2.25. The monoisotopic (exact) mass is 434 g/mol. The van der Waals surface area contributed by atoms with E-state index >= 15 is 0 Å². The maximum atomic E-state index is 12.7. The molecule has 0 radical (unpaired) electrons. The van der Waals surface area contributed by atoms with Crippen molar-refractivity contribution in [3.05, 3.63) is 53.1 Å². The molecule has 10 heteroatoms. The van der Waals surface area contributed by atoms with E-state index in [1.165, 1.54) is 13.0 Å². The molecule has 7 nitrogen and oxygen atoms in total. The van der Waals surface area contributed by atoms with Crippen molar-refractivity contribution < 1.29 is 13.2 Å². The smallest absolute Gasteiger partial charge is 0.263 e. The minimum Gasteiger partial charge on any atom is -0.312 e. The summed E-state index contributed by atoms with van der Waals surface area (Å²) in [5, 5.41) is 9.33. The Bertz CT molecular complexity index is 1160. The second-order valence-corrected chi connectivity index (χ2v) is 9.33. The molecule has 1 amide bonds. The summed E-state index contributed by atoms with van der Waals surface area (Å²) in [5.41, 5.74) is 2.39. The molecule has 1 aliphatic rings. The van der Waals surface area contributed by atoms with Crippen LogP contribution in [0.25, 0.3) is 10.6 Å². The van der Waals surface area contributed by atoms with Gasteiger partial charge in [-0.2, -0.15) is 0 Å². The summed E-state index contributed by atoms with van der Waals surface area (Å²) in [6.45, 7) is 2.05. The first-order valence-electron chi connectivity index (χ1n) is 8.37. The Kier molecular flexibility index (Phi) is 4.82. The highest BCUT2D eigenvalue weighted by atomic mass is 35.5. The molecule has 3 aromatic rings.